The first-order chi connectivity index (χ1) is 10.3. The van der Waals surface area contributed by atoms with Gasteiger partial charge >= 0.3 is 0 Å². The lowest BCUT2D eigenvalue weighted by Crippen LogP contribution is -1.86. The van der Waals surface area contributed by atoms with Crippen LogP contribution in [0.2, 0.25) is 0 Å². The largest absolute Gasteiger partial charge is 0.508 e. The van der Waals surface area contributed by atoms with Gasteiger partial charge in [-0.15, -0.1) is 0 Å². The number of fused-ring (bicyclic) bond motifs is 1. The summed E-state index contributed by atoms with van der Waals surface area (Å²) in [5.74, 6) is 0.916. The van der Waals surface area contributed by atoms with E-state index in [-0.39, 0.29) is 5.75 Å². The van der Waals surface area contributed by atoms with E-state index in [1.807, 2.05) is 0 Å². The third kappa shape index (κ3) is 1.91. The fourth-order valence-corrected chi connectivity index (χ4v) is 2.09. The number of aromatic hydroxyl groups is 1. The molecule has 0 unspecified atom stereocenters. The van der Waals surface area contributed by atoms with Gasteiger partial charge in [0.1, 0.15) is 5.75 Å². The first-order valence-electron chi connectivity index (χ1n) is 6.22. The summed E-state index contributed by atoms with van der Waals surface area (Å²) in [5.41, 5.74) is 2.17. The van der Waals surface area contributed by atoms with Crippen molar-refractivity contribution in [1.82, 2.24) is 24.7 Å². The average molecular weight is 279 g/mol. The zero-order chi connectivity index (χ0) is 14.2. The van der Waals surface area contributed by atoms with Crippen molar-refractivity contribution in [3.8, 4) is 28.6 Å². The Morgan fingerprint density at radius 1 is 1.19 bits per heavy atom. The van der Waals surface area contributed by atoms with Gasteiger partial charge in [0.2, 0.25) is 5.82 Å². The second-order valence-corrected chi connectivity index (χ2v) is 4.44. The van der Waals surface area contributed by atoms with Crippen LogP contribution in [-0.2, 0) is 0 Å². The van der Waals surface area contributed by atoms with Crippen molar-refractivity contribution >= 4 is 5.52 Å². The Balaban J connectivity index is 1.81. The molecular formula is C14H9N5O2. The molecule has 0 aliphatic rings. The minimum Gasteiger partial charge on any atom is -0.508 e. The first kappa shape index (κ1) is 11.6. The maximum absolute atomic E-state index is 9.50. The van der Waals surface area contributed by atoms with E-state index in [0.717, 1.165) is 5.52 Å². The normalized spacial score (nSPS) is 11.0. The summed E-state index contributed by atoms with van der Waals surface area (Å²) < 4.78 is 6.97. The molecule has 0 saturated heterocycles. The average Bonchev–Trinajstić information content (AvgIpc) is 3.14. The van der Waals surface area contributed by atoms with Crippen molar-refractivity contribution in [1.29, 1.82) is 0 Å². The predicted molar refractivity (Wildman–Crippen MR) is 73.4 cm³/mol. The fourth-order valence-electron chi connectivity index (χ4n) is 2.09. The van der Waals surface area contributed by atoms with Gasteiger partial charge in [-0.1, -0.05) is 17.3 Å². The molecule has 1 aromatic carbocycles. The predicted octanol–water partition coefficient (Wildman–Crippen LogP) is 2.15. The molecule has 0 spiro atoms. The molecule has 102 valence electrons. The number of nitrogens with zero attached hydrogens (tertiary/aromatic N) is 5. The summed E-state index contributed by atoms with van der Waals surface area (Å²) in [6.45, 7) is 0. The van der Waals surface area contributed by atoms with Gasteiger partial charge < -0.3 is 9.63 Å². The van der Waals surface area contributed by atoms with Gasteiger partial charge in [0.15, 0.2) is 0 Å². The number of hydrogen-bond donors (Lipinski definition) is 1. The second-order valence-electron chi connectivity index (χ2n) is 4.44. The summed E-state index contributed by atoms with van der Waals surface area (Å²) in [4.78, 5) is 8.41. The van der Waals surface area contributed by atoms with Crippen LogP contribution in [0.5, 0.6) is 5.75 Å². The molecule has 0 bridgehead atoms. The highest BCUT2D eigenvalue weighted by molar-refractivity contribution is 5.74. The van der Waals surface area contributed by atoms with Crippen molar-refractivity contribution < 1.29 is 9.63 Å². The number of phenols is 1. The highest BCUT2D eigenvalue weighted by Gasteiger charge is 2.15. The van der Waals surface area contributed by atoms with Gasteiger partial charge in [-0.25, -0.2) is 4.52 Å². The van der Waals surface area contributed by atoms with E-state index in [1.165, 1.54) is 0 Å². The molecular weight excluding hydrogens is 270 g/mol. The van der Waals surface area contributed by atoms with Crippen LogP contribution in [0.3, 0.4) is 0 Å². The lowest BCUT2D eigenvalue weighted by molar-refractivity contribution is 0.432. The zero-order valence-electron chi connectivity index (χ0n) is 10.7. The third-order valence-corrected chi connectivity index (χ3v) is 3.09. The summed E-state index contributed by atoms with van der Waals surface area (Å²) in [5, 5.41) is 17.6. The Morgan fingerprint density at radius 3 is 3.05 bits per heavy atom. The van der Waals surface area contributed by atoms with E-state index >= 15 is 0 Å². The number of hydrogen-bond acceptors (Lipinski definition) is 6. The second kappa shape index (κ2) is 4.41. The Morgan fingerprint density at radius 2 is 2.14 bits per heavy atom. The topological polar surface area (TPSA) is 89.3 Å². The molecule has 4 aromatic rings. The highest BCUT2D eigenvalue weighted by Crippen LogP contribution is 2.26. The van der Waals surface area contributed by atoms with Crippen LogP contribution in [0.15, 0.2) is 53.6 Å². The zero-order valence-corrected chi connectivity index (χ0v) is 10.7. The van der Waals surface area contributed by atoms with E-state index in [4.69, 9.17) is 4.52 Å². The molecule has 3 heterocycles. The molecule has 0 saturated carbocycles. The van der Waals surface area contributed by atoms with Gasteiger partial charge in [-0.05, 0) is 12.1 Å². The number of aromatic nitrogens is 5. The van der Waals surface area contributed by atoms with E-state index < -0.39 is 0 Å². The van der Waals surface area contributed by atoms with Crippen molar-refractivity contribution in [2.24, 2.45) is 0 Å². The van der Waals surface area contributed by atoms with E-state index in [2.05, 4.69) is 20.2 Å². The minimum absolute atomic E-state index is 0.152. The highest BCUT2D eigenvalue weighted by atomic mass is 16.5. The smallest absolute Gasteiger partial charge is 0.262 e. The minimum atomic E-state index is 0.152. The molecule has 0 aliphatic heterocycles. The number of phenolic OH excluding ortho intramolecular Hbond substituents is 1. The molecule has 7 nitrogen and oxygen atoms in total. The number of rotatable bonds is 2. The first-order valence-corrected chi connectivity index (χ1v) is 6.22. The van der Waals surface area contributed by atoms with Crippen LogP contribution in [0.4, 0.5) is 0 Å². The number of benzene rings is 1. The summed E-state index contributed by atoms with van der Waals surface area (Å²) >= 11 is 0. The Hall–Kier alpha value is -3.22. The molecule has 0 aliphatic carbocycles. The van der Waals surface area contributed by atoms with Crippen LogP contribution in [-0.4, -0.2) is 29.8 Å². The molecule has 4 rings (SSSR count). The quantitative estimate of drug-likeness (QED) is 0.604. The van der Waals surface area contributed by atoms with Crippen LogP contribution >= 0.6 is 0 Å². The summed E-state index contributed by atoms with van der Waals surface area (Å²) in [6.07, 6.45) is 6.72. The van der Waals surface area contributed by atoms with Crippen molar-refractivity contribution in [3.63, 3.8) is 0 Å². The molecule has 0 amide bonds. The van der Waals surface area contributed by atoms with Gasteiger partial charge in [0.25, 0.3) is 5.89 Å². The van der Waals surface area contributed by atoms with Crippen molar-refractivity contribution in [2.75, 3.05) is 0 Å². The van der Waals surface area contributed by atoms with Crippen molar-refractivity contribution in [3.05, 3.63) is 49.1 Å². The van der Waals surface area contributed by atoms with Crippen molar-refractivity contribution in [2.45, 2.75) is 0 Å². The molecule has 1 N–H and O–H groups in total. The molecule has 3 aromatic heterocycles. The lowest BCUT2D eigenvalue weighted by Gasteiger charge is -1.94. The Labute approximate surface area is 118 Å². The maximum atomic E-state index is 9.50. The molecule has 0 fully saturated rings. The monoisotopic (exact) mass is 279 g/mol. The maximum Gasteiger partial charge on any atom is 0.262 e. The van der Waals surface area contributed by atoms with Gasteiger partial charge in [-0.2, -0.15) is 10.1 Å². The van der Waals surface area contributed by atoms with Crippen LogP contribution in [0.1, 0.15) is 0 Å². The SMILES string of the molecule is Oc1cccc(-c2noc(-c3cnn4ccncc34)n2)c1. The van der Waals surface area contributed by atoms with Gasteiger partial charge in [-0.3, -0.25) is 4.98 Å². The van der Waals surface area contributed by atoms with Crippen LogP contribution < -0.4 is 0 Å². The van der Waals surface area contributed by atoms with Gasteiger partial charge in [0, 0.05) is 18.0 Å². The third-order valence-electron chi connectivity index (χ3n) is 3.09. The van der Waals surface area contributed by atoms with Crippen LogP contribution in [0.25, 0.3) is 28.4 Å². The Bertz CT molecular complexity index is 928. The van der Waals surface area contributed by atoms with E-state index in [0.29, 0.717) is 22.8 Å². The molecule has 0 radical (unpaired) electrons. The fraction of sp³-hybridized carbons (Fsp3) is 0. The lowest BCUT2D eigenvalue weighted by atomic mass is 10.2. The Kier molecular flexibility index (Phi) is 2.43. The summed E-state index contributed by atoms with van der Waals surface area (Å²) in [7, 11) is 0. The molecule has 21 heavy (non-hydrogen) atoms. The van der Waals surface area contributed by atoms with Gasteiger partial charge in [0.05, 0.1) is 23.5 Å². The standard InChI is InChI=1S/C14H9N5O2/c20-10-3-1-2-9(6-10)13-17-14(21-18-13)11-7-16-19-5-4-15-8-12(11)19/h1-8,20H. The van der Waals surface area contributed by atoms with Crippen LogP contribution in [0, 0.1) is 0 Å². The van der Waals surface area contributed by atoms with E-state index in [1.54, 1.807) is 53.6 Å². The summed E-state index contributed by atoms with van der Waals surface area (Å²) in [6, 6.07) is 6.68. The molecule has 0 atom stereocenters. The molecule has 7 heteroatoms. The van der Waals surface area contributed by atoms with E-state index in [9.17, 15) is 5.11 Å².